The van der Waals surface area contributed by atoms with E-state index in [0.29, 0.717) is 0 Å². The van der Waals surface area contributed by atoms with Crippen LogP contribution in [0.2, 0.25) is 0 Å². The minimum Gasteiger partial charge on any atom is -0.493 e. The van der Waals surface area contributed by atoms with Crippen LogP contribution in [-0.2, 0) is 0 Å². The predicted molar refractivity (Wildman–Crippen MR) is 89.9 cm³/mol. The molecule has 0 aromatic heterocycles. The Hall–Kier alpha value is -2.49. The lowest BCUT2D eigenvalue weighted by atomic mass is 9.95. The maximum absolute atomic E-state index is 6.23. The second-order valence-electron chi connectivity index (χ2n) is 6.40. The van der Waals surface area contributed by atoms with E-state index >= 15 is 0 Å². The summed E-state index contributed by atoms with van der Waals surface area (Å²) in [7, 11) is 1.68. The molecule has 0 N–H and O–H groups in total. The molecule has 2 heterocycles. The highest BCUT2D eigenvalue weighted by molar-refractivity contribution is 6.01. The SMILES string of the molecule is COc1cccc2c1OC(C)(C)N1N=C(c3ccccc3)CC21. The summed E-state index contributed by atoms with van der Waals surface area (Å²) in [5, 5.41) is 6.95. The lowest BCUT2D eigenvalue weighted by molar-refractivity contribution is -0.0924. The molecular weight excluding hydrogens is 288 g/mol. The van der Waals surface area contributed by atoms with Gasteiger partial charge < -0.3 is 9.47 Å². The number of rotatable bonds is 2. The molecule has 1 atom stereocenters. The van der Waals surface area contributed by atoms with Crippen LogP contribution in [0.5, 0.6) is 11.5 Å². The van der Waals surface area contributed by atoms with Gasteiger partial charge in [0.15, 0.2) is 17.2 Å². The summed E-state index contributed by atoms with van der Waals surface area (Å²) in [5.41, 5.74) is 2.89. The highest BCUT2D eigenvalue weighted by Gasteiger charge is 2.45. The molecule has 118 valence electrons. The number of fused-ring (bicyclic) bond motifs is 3. The van der Waals surface area contributed by atoms with Crippen LogP contribution >= 0.6 is 0 Å². The Labute approximate surface area is 136 Å². The minimum atomic E-state index is -0.511. The zero-order chi connectivity index (χ0) is 16.0. The Morgan fingerprint density at radius 1 is 1.13 bits per heavy atom. The fourth-order valence-corrected chi connectivity index (χ4v) is 3.42. The highest BCUT2D eigenvalue weighted by Crippen LogP contribution is 2.49. The van der Waals surface area contributed by atoms with E-state index in [1.54, 1.807) is 7.11 Å². The number of hydrazone groups is 1. The zero-order valence-corrected chi connectivity index (χ0v) is 13.6. The molecule has 4 nitrogen and oxygen atoms in total. The second-order valence-corrected chi connectivity index (χ2v) is 6.40. The first-order valence-electron chi connectivity index (χ1n) is 7.88. The smallest absolute Gasteiger partial charge is 0.192 e. The van der Waals surface area contributed by atoms with Crippen molar-refractivity contribution in [2.45, 2.75) is 32.0 Å². The van der Waals surface area contributed by atoms with E-state index in [1.165, 1.54) is 5.56 Å². The summed E-state index contributed by atoms with van der Waals surface area (Å²) in [6.07, 6.45) is 0.872. The Bertz CT molecular complexity index is 768. The van der Waals surface area contributed by atoms with Crippen LogP contribution in [0, 0.1) is 0 Å². The number of methoxy groups -OCH3 is 1. The molecule has 1 unspecified atom stereocenters. The standard InChI is InChI=1S/C19H20N2O2/c1-19(2)21-16(12-15(20-21)13-8-5-4-6-9-13)14-10-7-11-17(22-3)18(14)23-19/h4-11,16H,12H2,1-3H3. The van der Waals surface area contributed by atoms with Gasteiger partial charge in [-0.15, -0.1) is 0 Å². The van der Waals surface area contributed by atoms with Gasteiger partial charge in [-0.25, -0.2) is 5.01 Å². The predicted octanol–water partition coefficient (Wildman–Crippen LogP) is 3.97. The number of nitrogens with zero attached hydrogens (tertiary/aromatic N) is 2. The third-order valence-corrected chi connectivity index (χ3v) is 4.51. The number of ether oxygens (including phenoxy) is 2. The van der Waals surface area contributed by atoms with Crippen LogP contribution in [-0.4, -0.2) is 23.6 Å². The van der Waals surface area contributed by atoms with Gasteiger partial charge in [0.05, 0.1) is 18.9 Å². The normalized spacial score (nSPS) is 21.1. The minimum absolute atomic E-state index is 0.180. The lowest BCUT2D eigenvalue weighted by Gasteiger charge is -2.43. The van der Waals surface area contributed by atoms with Crippen LogP contribution in [0.25, 0.3) is 0 Å². The molecule has 0 fully saturated rings. The summed E-state index contributed by atoms with van der Waals surface area (Å²) in [6, 6.07) is 16.6. The van der Waals surface area contributed by atoms with E-state index in [2.05, 4.69) is 23.2 Å². The van der Waals surface area contributed by atoms with Gasteiger partial charge in [-0.3, -0.25) is 0 Å². The van der Waals surface area contributed by atoms with Crippen LogP contribution in [0.3, 0.4) is 0 Å². The van der Waals surface area contributed by atoms with Crippen molar-refractivity contribution in [3.63, 3.8) is 0 Å². The molecule has 0 aliphatic carbocycles. The van der Waals surface area contributed by atoms with Crippen LogP contribution in [0.15, 0.2) is 53.6 Å². The quantitative estimate of drug-likeness (QED) is 0.841. The monoisotopic (exact) mass is 308 g/mol. The van der Waals surface area contributed by atoms with Gasteiger partial charge in [0.2, 0.25) is 0 Å². The van der Waals surface area contributed by atoms with Gasteiger partial charge in [-0.2, -0.15) is 5.10 Å². The second kappa shape index (κ2) is 5.01. The maximum Gasteiger partial charge on any atom is 0.192 e. The van der Waals surface area contributed by atoms with Gasteiger partial charge in [0.25, 0.3) is 0 Å². The van der Waals surface area contributed by atoms with E-state index in [-0.39, 0.29) is 6.04 Å². The van der Waals surface area contributed by atoms with Crippen molar-refractivity contribution in [2.24, 2.45) is 5.10 Å². The lowest BCUT2D eigenvalue weighted by Crippen LogP contribution is -2.48. The highest BCUT2D eigenvalue weighted by atomic mass is 16.5. The van der Waals surface area contributed by atoms with Crippen molar-refractivity contribution in [2.75, 3.05) is 7.11 Å². The molecular formula is C19H20N2O2. The van der Waals surface area contributed by atoms with E-state index in [4.69, 9.17) is 14.6 Å². The first-order chi connectivity index (χ1) is 11.1. The van der Waals surface area contributed by atoms with Crippen LogP contribution in [0.4, 0.5) is 0 Å². The fraction of sp³-hybridized carbons (Fsp3) is 0.316. The van der Waals surface area contributed by atoms with Crippen molar-refractivity contribution >= 4 is 5.71 Å². The summed E-state index contributed by atoms with van der Waals surface area (Å²) in [4.78, 5) is 0. The number of benzene rings is 2. The Balaban J connectivity index is 1.79. The van der Waals surface area contributed by atoms with E-state index in [0.717, 1.165) is 29.2 Å². The molecule has 0 spiro atoms. The van der Waals surface area contributed by atoms with E-state index in [1.807, 2.05) is 44.2 Å². The molecule has 2 aromatic rings. The number of hydrogen-bond acceptors (Lipinski definition) is 4. The van der Waals surface area contributed by atoms with Crippen LogP contribution in [0.1, 0.15) is 37.4 Å². The molecule has 0 saturated heterocycles. The van der Waals surface area contributed by atoms with E-state index < -0.39 is 5.72 Å². The molecule has 0 radical (unpaired) electrons. The van der Waals surface area contributed by atoms with Crippen molar-refractivity contribution in [3.8, 4) is 11.5 Å². The first kappa shape index (κ1) is 14.1. The fourth-order valence-electron chi connectivity index (χ4n) is 3.42. The summed E-state index contributed by atoms with van der Waals surface area (Å²) in [6.45, 7) is 4.10. The van der Waals surface area contributed by atoms with Crippen molar-refractivity contribution < 1.29 is 9.47 Å². The Kier molecular flexibility index (Phi) is 3.08. The van der Waals surface area contributed by atoms with E-state index in [9.17, 15) is 0 Å². The molecule has 2 aliphatic rings. The summed E-state index contributed by atoms with van der Waals surface area (Å²) >= 11 is 0. The van der Waals surface area contributed by atoms with Crippen molar-refractivity contribution in [1.29, 1.82) is 0 Å². The molecule has 0 saturated carbocycles. The number of hydrogen-bond donors (Lipinski definition) is 0. The van der Waals surface area contributed by atoms with Crippen molar-refractivity contribution in [3.05, 3.63) is 59.7 Å². The molecule has 4 heteroatoms. The number of para-hydroxylation sites is 1. The third kappa shape index (κ3) is 2.17. The van der Waals surface area contributed by atoms with Gasteiger partial charge in [-0.1, -0.05) is 42.5 Å². The average molecular weight is 308 g/mol. The molecule has 4 rings (SSSR count). The maximum atomic E-state index is 6.23. The Morgan fingerprint density at radius 3 is 2.65 bits per heavy atom. The van der Waals surface area contributed by atoms with Gasteiger partial charge >= 0.3 is 0 Å². The average Bonchev–Trinajstić information content (AvgIpc) is 3.02. The largest absolute Gasteiger partial charge is 0.493 e. The van der Waals surface area contributed by atoms with Crippen molar-refractivity contribution in [1.82, 2.24) is 5.01 Å². The topological polar surface area (TPSA) is 34.1 Å². The molecule has 2 aliphatic heterocycles. The van der Waals surface area contributed by atoms with Gasteiger partial charge in [0.1, 0.15) is 0 Å². The molecule has 23 heavy (non-hydrogen) atoms. The van der Waals surface area contributed by atoms with Gasteiger partial charge in [-0.05, 0) is 25.5 Å². The van der Waals surface area contributed by atoms with Crippen LogP contribution < -0.4 is 9.47 Å². The zero-order valence-electron chi connectivity index (χ0n) is 13.6. The first-order valence-corrected chi connectivity index (χ1v) is 7.88. The third-order valence-electron chi connectivity index (χ3n) is 4.51. The summed E-state index contributed by atoms with van der Waals surface area (Å²) in [5.74, 6) is 1.62. The molecule has 0 bridgehead atoms. The Morgan fingerprint density at radius 2 is 1.91 bits per heavy atom. The van der Waals surface area contributed by atoms with Gasteiger partial charge in [0, 0.05) is 12.0 Å². The molecule has 2 aromatic carbocycles. The summed E-state index contributed by atoms with van der Waals surface area (Å²) < 4.78 is 11.7. The molecule has 0 amide bonds.